The Hall–Kier alpha value is -2.45. The van der Waals surface area contributed by atoms with E-state index < -0.39 is 5.60 Å². The first-order valence-corrected chi connectivity index (χ1v) is 12.3. The summed E-state index contributed by atoms with van der Waals surface area (Å²) in [6.07, 6.45) is 3.41. The second-order valence-corrected chi connectivity index (χ2v) is 10.5. The molecule has 0 radical (unpaired) electrons. The number of carbonyl (C=O) groups excluding carboxylic acids is 2. The molecule has 1 unspecified atom stereocenters. The van der Waals surface area contributed by atoms with Crippen LogP contribution in [0.25, 0.3) is 6.08 Å². The summed E-state index contributed by atoms with van der Waals surface area (Å²) in [6.45, 7) is 8.68. The molecule has 0 spiro atoms. The lowest BCUT2D eigenvalue weighted by atomic mass is 9.87. The summed E-state index contributed by atoms with van der Waals surface area (Å²) >= 11 is 4.45. The number of hydrogen-bond donors (Lipinski definition) is 1. The van der Waals surface area contributed by atoms with Gasteiger partial charge in [0.1, 0.15) is 29.5 Å². The van der Waals surface area contributed by atoms with Crippen molar-refractivity contribution in [3.63, 3.8) is 0 Å². The van der Waals surface area contributed by atoms with Gasteiger partial charge in [-0.3, -0.25) is 14.9 Å². The van der Waals surface area contributed by atoms with Gasteiger partial charge in [0.25, 0.3) is 11.1 Å². The summed E-state index contributed by atoms with van der Waals surface area (Å²) in [5.41, 5.74) is 4.88. The lowest BCUT2D eigenvalue weighted by Gasteiger charge is -2.38. The van der Waals surface area contributed by atoms with E-state index in [4.69, 9.17) is 14.2 Å². The van der Waals surface area contributed by atoms with Crippen LogP contribution >= 0.6 is 27.7 Å². The molecule has 2 aliphatic heterocycles. The molecule has 2 heterocycles. The predicted octanol–water partition coefficient (Wildman–Crippen LogP) is 5.87. The molecule has 6 nitrogen and oxygen atoms in total. The third-order valence-corrected chi connectivity index (χ3v) is 7.63. The number of rotatable bonds is 5. The Balaban J connectivity index is 1.49. The van der Waals surface area contributed by atoms with Crippen LogP contribution in [0.3, 0.4) is 0 Å². The molecule has 2 aliphatic rings. The van der Waals surface area contributed by atoms with Crippen LogP contribution in [0.4, 0.5) is 4.79 Å². The van der Waals surface area contributed by atoms with Crippen molar-refractivity contribution in [1.82, 2.24) is 5.32 Å². The summed E-state index contributed by atoms with van der Waals surface area (Å²) in [5, 5.41) is 1.90. The fourth-order valence-corrected chi connectivity index (χ4v) is 5.41. The lowest BCUT2D eigenvalue weighted by molar-refractivity contribution is -0.115. The zero-order valence-corrected chi connectivity index (χ0v) is 21.7. The molecule has 1 saturated heterocycles. The van der Waals surface area contributed by atoms with Crippen molar-refractivity contribution in [3.8, 4) is 17.2 Å². The number of amides is 2. The Labute approximate surface area is 206 Å². The van der Waals surface area contributed by atoms with Crippen LogP contribution in [0.2, 0.25) is 0 Å². The van der Waals surface area contributed by atoms with Crippen LogP contribution < -0.4 is 19.5 Å². The van der Waals surface area contributed by atoms with Gasteiger partial charge in [0.2, 0.25) is 0 Å². The number of benzene rings is 2. The summed E-state index contributed by atoms with van der Waals surface area (Å²) in [6, 6.07) is 5.56. The van der Waals surface area contributed by atoms with Crippen molar-refractivity contribution in [2.24, 2.45) is 0 Å². The van der Waals surface area contributed by atoms with Crippen molar-refractivity contribution < 1.29 is 23.8 Å². The number of carbonyl (C=O) groups is 2. The molecule has 0 aliphatic carbocycles. The first kappa shape index (κ1) is 23.7. The van der Waals surface area contributed by atoms with Gasteiger partial charge < -0.3 is 14.2 Å². The Morgan fingerprint density at radius 2 is 1.97 bits per heavy atom. The number of imide groups is 1. The molecule has 33 heavy (non-hydrogen) atoms. The molecular weight excluding hydrogens is 506 g/mol. The average Bonchev–Trinajstić information content (AvgIpc) is 3.08. The van der Waals surface area contributed by atoms with Gasteiger partial charge in [-0.05, 0) is 109 Å². The molecule has 4 rings (SSSR count). The topological polar surface area (TPSA) is 73.9 Å². The maximum atomic E-state index is 11.8. The minimum absolute atomic E-state index is 0.355. The molecule has 0 saturated carbocycles. The van der Waals surface area contributed by atoms with Gasteiger partial charge in [-0.15, -0.1) is 0 Å². The van der Waals surface area contributed by atoms with Gasteiger partial charge in [-0.2, -0.15) is 0 Å². The van der Waals surface area contributed by atoms with E-state index in [0.29, 0.717) is 17.3 Å². The molecule has 1 N–H and O–H groups in total. The number of hydrogen-bond acceptors (Lipinski definition) is 6. The zero-order valence-electron chi connectivity index (χ0n) is 19.3. The molecule has 2 aromatic carbocycles. The molecule has 1 fully saturated rings. The van der Waals surface area contributed by atoms with Gasteiger partial charge >= 0.3 is 0 Å². The fourth-order valence-electron chi connectivity index (χ4n) is 4.22. The van der Waals surface area contributed by atoms with Crippen molar-refractivity contribution in [3.05, 3.63) is 55.4 Å². The van der Waals surface area contributed by atoms with Gasteiger partial charge in [-0.1, -0.05) is 6.07 Å². The maximum Gasteiger partial charge on any atom is 0.290 e. The highest BCUT2D eigenvalue weighted by Crippen LogP contribution is 2.44. The lowest BCUT2D eigenvalue weighted by Crippen LogP contribution is -2.42. The Morgan fingerprint density at radius 1 is 1.21 bits per heavy atom. The summed E-state index contributed by atoms with van der Waals surface area (Å²) in [5.74, 6) is 2.19. The number of halogens is 1. The number of nitrogens with one attached hydrogen (secondary N) is 1. The number of ether oxygens (including phenoxy) is 3. The predicted molar refractivity (Wildman–Crippen MR) is 133 cm³/mol. The average molecular weight is 532 g/mol. The van der Waals surface area contributed by atoms with Crippen LogP contribution in [-0.2, 0) is 11.2 Å². The van der Waals surface area contributed by atoms with E-state index in [1.807, 2.05) is 18.2 Å². The molecular formula is C25H26BrNO5S. The van der Waals surface area contributed by atoms with Crippen LogP contribution in [0.5, 0.6) is 17.2 Å². The van der Waals surface area contributed by atoms with E-state index in [-0.39, 0.29) is 11.1 Å². The zero-order chi connectivity index (χ0) is 23.9. The van der Waals surface area contributed by atoms with Crippen molar-refractivity contribution >= 4 is 44.9 Å². The maximum absolute atomic E-state index is 11.8. The van der Waals surface area contributed by atoms with E-state index in [1.54, 1.807) is 13.2 Å². The minimum atomic E-state index is -0.468. The van der Waals surface area contributed by atoms with Crippen LogP contribution in [0.1, 0.15) is 41.2 Å². The fraction of sp³-hybridized carbons (Fsp3) is 0.360. The summed E-state index contributed by atoms with van der Waals surface area (Å²) < 4.78 is 19.1. The standard InChI is InChI=1S/C25H26BrNO5S/c1-13-14(2)22-17(15(3)21(13)30-5)8-9-25(4,32-22)12-31-19-7-6-16(10-18(19)26)11-20-23(28)27-24(29)33-20/h6-7,10-11H,8-9,12H2,1-5H3,(H,27,28,29). The van der Waals surface area contributed by atoms with Crippen LogP contribution in [0.15, 0.2) is 27.6 Å². The van der Waals surface area contributed by atoms with E-state index in [0.717, 1.165) is 62.8 Å². The second kappa shape index (κ2) is 9.06. The highest BCUT2D eigenvalue weighted by molar-refractivity contribution is 9.10. The van der Waals surface area contributed by atoms with Gasteiger partial charge in [0, 0.05) is 5.56 Å². The molecule has 0 bridgehead atoms. The van der Waals surface area contributed by atoms with Crippen molar-refractivity contribution in [2.75, 3.05) is 13.7 Å². The SMILES string of the molecule is COc1c(C)c(C)c2c(c1C)CCC(C)(COc1ccc(C=C3SC(=O)NC3=O)cc1Br)O2. The van der Waals surface area contributed by atoms with Gasteiger partial charge in [0.05, 0.1) is 16.5 Å². The van der Waals surface area contributed by atoms with Crippen LogP contribution in [-0.4, -0.2) is 30.5 Å². The molecule has 2 amide bonds. The molecule has 1 atom stereocenters. The third kappa shape index (κ3) is 4.64. The first-order chi connectivity index (χ1) is 15.6. The van der Waals surface area contributed by atoms with E-state index in [2.05, 4.69) is 48.9 Å². The van der Waals surface area contributed by atoms with E-state index in [9.17, 15) is 9.59 Å². The molecule has 8 heteroatoms. The highest BCUT2D eigenvalue weighted by atomic mass is 79.9. The monoisotopic (exact) mass is 531 g/mol. The summed E-state index contributed by atoms with van der Waals surface area (Å²) in [4.78, 5) is 23.5. The first-order valence-electron chi connectivity index (χ1n) is 10.6. The van der Waals surface area contributed by atoms with E-state index in [1.165, 1.54) is 5.56 Å². The quantitative estimate of drug-likeness (QED) is 0.486. The van der Waals surface area contributed by atoms with Crippen LogP contribution in [0, 0.1) is 20.8 Å². The highest BCUT2D eigenvalue weighted by Gasteiger charge is 2.35. The largest absolute Gasteiger partial charge is 0.496 e. The Kier molecular flexibility index (Phi) is 6.51. The second-order valence-electron chi connectivity index (χ2n) is 8.60. The smallest absolute Gasteiger partial charge is 0.290 e. The van der Waals surface area contributed by atoms with Gasteiger partial charge in [-0.25, -0.2) is 0 Å². The number of fused-ring (bicyclic) bond motifs is 1. The number of thioether (sulfide) groups is 1. The van der Waals surface area contributed by atoms with Crippen molar-refractivity contribution in [2.45, 2.75) is 46.1 Å². The Morgan fingerprint density at radius 3 is 2.61 bits per heavy atom. The molecule has 174 valence electrons. The van der Waals surface area contributed by atoms with Gasteiger partial charge in [0.15, 0.2) is 0 Å². The number of methoxy groups -OCH3 is 1. The summed E-state index contributed by atoms with van der Waals surface area (Å²) in [7, 11) is 1.71. The third-order valence-electron chi connectivity index (χ3n) is 6.20. The normalized spacial score (nSPS) is 21.0. The minimum Gasteiger partial charge on any atom is -0.496 e. The molecule has 0 aromatic heterocycles. The Bertz CT molecular complexity index is 1190. The van der Waals surface area contributed by atoms with Crippen molar-refractivity contribution in [1.29, 1.82) is 0 Å². The molecule has 2 aromatic rings. The van der Waals surface area contributed by atoms with E-state index >= 15 is 0 Å².